The summed E-state index contributed by atoms with van der Waals surface area (Å²) in [4.78, 5) is 39.9. The molecule has 42 heavy (non-hydrogen) atoms. The molecule has 4 atom stereocenters. The minimum Gasteiger partial charge on any atom is -0.507 e. The van der Waals surface area contributed by atoms with Gasteiger partial charge >= 0.3 is 0 Å². The van der Waals surface area contributed by atoms with Gasteiger partial charge < -0.3 is 34.6 Å². The van der Waals surface area contributed by atoms with Crippen LogP contribution in [0.1, 0.15) is 80.6 Å². The van der Waals surface area contributed by atoms with E-state index in [1.54, 1.807) is 13.1 Å². The first-order valence-electron chi connectivity index (χ1n) is 13.1. The van der Waals surface area contributed by atoms with Gasteiger partial charge in [-0.15, -0.1) is 5.10 Å². The summed E-state index contributed by atoms with van der Waals surface area (Å²) in [5.41, 5.74) is -2.56. The lowest BCUT2D eigenvalue weighted by Gasteiger charge is -2.40. The fraction of sp³-hybridized carbons (Fsp3) is 0.345. The Balaban J connectivity index is 1.47. The molecule has 2 aromatic carbocycles. The molecule has 2 heterocycles. The number of aliphatic hydroxyl groups excluding tert-OH is 1. The molecule has 13 heteroatoms. The third-order valence-corrected chi connectivity index (χ3v) is 8.09. The molecule has 0 amide bonds. The third kappa shape index (κ3) is 4.03. The maximum absolute atomic E-state index is 13.7. The number of hydrogen-bond acceptors (Lipinski definition) is 12. The summed E-state index contributed by atoms with van der Waals surface area (Å²) >= 11 is 0. The average molecular weight is 578 g/mol. The molecule has 4 N–H and O–H groups in total. The number of ketones is 3. The zero-order valence-electron chi connectivity index (χ0n) is 22.8. The zero-order chi connectivity index (χ0) is 30.1. The van der Waals surface area contributed by atoms with Gasteiger partial charge in [-0.3, -0.25) is 14.4 Å². The van der Waals surface area contributed by atoms with Crippen molar-refractivity contribution in [3.63, 3.8) is 0 Å². The molecule has 6 rings (SSSR count). The zero-order valence-corrected chi connectivity index (χ0v) is 22.8. The van der Waals surface area contributed by atoms with E-state index in [0.29, 0.717) is 5.69 Å². The van der Waals surface area contributed by atoms with Crippen LogP contribution in [-0.2, 0) is 20.7 Å². The SMILES string of the molecule is COc1cccc2c1C(=O)c1c(O)c3c(c(O)c1C2=O)CC(O)(C(C)=O)C[C@@H]3OC1CC(n2cc(C)nn2)C(O)=CO1. The Kier molecular flexibility index (Phi) is 6.31. The van der Waals surface area contributed by atoms with Crippen molar-refractivity contribution >= 4 is 17.3 Å². The second-order valence-electron chi connectivity index (χ2n) is 10.7. The number of benzene rings is 2. The number of rotatable bonds is 5. The molecule has 3 aliphatic rings. The Morgan fingerprint density at radius 3 is 2.52 bits per heavy atom. The van der Waals surface area contributed by atoms with Crippen LogP contribution in [-0.4, -0.2) is 71.8 Å². The molecule has 0 fully saturated rings. The number of Topliss-reactive ketones (excluding diaryl/α,β-unsaturated/α-hetero) is 1. The van der Waals surface area contributed by atoms with E-state index in [2.05, 4.69) is 10.3 Å². The van der Waals surface area contributed by atoms with Crippen LogP contribution >= 0.6 is 0 Å². The van der Waals surface area contributed by atoms with Gasteiger partial charge in [-0.05, 0) is 19.9 Å². The summed E-state index contributed by atoms with van der Waals surface area (Å²) in [6, 6.07) is 3.71. The van der Waals surface area contributed by atoms with Gasteiger partial charge in [0, 0.05) is 42.1 Å². The second-order valence-corrected chi connectivity index (χ2v) is 10.7. The first kappa shape index (κ1) is 27.4. The Morgan fingerprint density at radius 1 is 1.12 bits per heavy atom. The van der Waals surface area contributed by atoms with E-state index in [1.165, 1.54) is 36.9 Å². The van der Waals surface area contributed by atoms with Crippen LogP contribution in [0.5, 0.6) is 17.2 Å². The van der Waals surface area contributed by atoms with Crippen LogP contribution in [0.2, 0.25) is 0 Å². The Hall–Kier alpha value is -4.75. The van der Waals surface area contributed by atoms with Crippen LogP contribution in [0.25, 0.3) is 0 Å². The van der Waals surface area contributed by atoms with Gasteiger partial charge in [0.1, 0.15) is 35.2 Å². The topological polar surface area (TPSA) is 191 Å². The number of carbonyl (C=O) groups is 3. The number of fused-ring (bicyclic) bond motifs is 3. The van der Waals surface area contributed by atoms with Crippen LogP contribution in [0, 0.1) is 6.92 Å². The van der Waals surface area contributed by atoms with Gasteiger partial charge in [-0.1, -0.05) is 17.3 Å². The number of aliphatic hydroxyl groups is 2. The van der Waals surface area contributed by atoms with E-state index in [4.69, 9.17) is 14.2 Å². The summed E-state index contributed by atoms with van der Waals surface area (Å²) in [7, 11) is 1.34. The molecule has 0 saturated heterocycles. The number of aryl methyl sites for hydroxylation is 1. The van der Waals surface area contributed by atoms with E-state index in [-0.39, 0.29) is 46.6 Å². The number of aromatic hydroxyl groups is 2. The maximum Gasteiger partial charge on any atom is 0.202 e. The van der Waals surface area contributed by atoms with Crippen molar-refractivity contribution in [2.75, 3.05) is 7.11 Å². The van der Waals surface area contributed by atoms with E-state index < -0.39 is 70.4 Å². The molecular weight excluding hydrogens is 550 g/mol. The van der Waals surface area contributed by atoms with Crippen molar-refractivity contribution in [1.29, 1.82) is 0 Å². The number of aromatic nitrogens is 3. The highest BCUT2D eigenvalue weighted by molar-refractivity contribution is 6.31. The molecule has 1 aliphatic heterocycles. The number of phenolic OH excluding ortho intramolecular Hbond substituents is 2. The molecule has 3 unspecified atom stereocenters. The van der Waals surface area contributed by atoms with Crippen molar-refractivity contribution in [1.82, 2.24) is 15.0 Å². The van der Waals surface area contributed by atoms with E-state index in [1.807, 2.05) is 0 Å². The highest BCUT2D eigenvalue weighted by Crippen LogP contribution is 2.52. The van der Waals surface area contributed by atoms with Crippen molar-refractivity contribution in [3.8, 4) is 17.2 Å². The summed E-state index contributed by atoms with van der Waals surface area (Å²) in [5.74, 6) is -3.41. The summed E-state index contributed by atoms with van der Waals surface area (Å²) in [5, 5.41) is 52.7. The summed E-state index contributed by atoms with van der Waals surface area (Å²) in [6.45, 7) is 2.91. The van der Waals surface area contributed by atoms with Gasteiger partial charge in [0.2, 0.25) is 12.1 Å². The lowest BCUT2D eigenvalue weighted by Crippen LogP contribution is -2.45. The third-order valence-electron chi connectivity index (χ3n) is 8.09. The molecule has 0 spiro atoms. The Bertz CT molecular complexity index is 1710. The molecule has 218 valence electrons. The highest BCUT2D eigenvalue weighted by Gasteiger charge is 2.49. The molecular formula is C29H27N3O10. The lowest BCUT2D eigenvalue weighted by molar-refractivity contribution is -0.182. The minimum absolute atomic E-state index is 0.0230. The summed E-state index contributed by atoms with van der Waals surface area (Å²) < 4.78 is 18.4. The quantitative estimate of drug-likeness (QED) is 0.254. The van der Waals surface area contributed by atoms with Gasteiger partial charge in [0.15, 0.2) is 17.3 Å². The van der Waals surface area contributed by atoms with Gasteiger partial charge in [-0.25, -0.2) is 4.68 Å². The number of carbonyl (C=O) groups excluding carboxylic acids is 3. The Labute approximate surface area is 238 Å². The first-order valence-corrected chi connectivity index (χ1v) is 13.1. The molecule has 0 radical (unpaired) electrons. The maximum atomic E-state index is 13.7. The smallest absolute Gasteiger partial charge is 0.202 e. The predicted molar refractivity (Wildman–Crippen MR) is 141 cm³/mol. The van der Waals surface area contributed by atoms with Crippen LogP contribution < -0.4 is 4.74 Å². The Morgan fingerprint density at radius 2 is 1.86 bits per heavy atom. The van der Waals surface area contributed by atoms with Crippen molar-refractivity contribution < 1.29 is 49.0 Å². The molecule has 2 aliphatic carbocycles. The van der Waals surface area contributed by atoms with E-state index in [9.17, 15) is 34.8 Å². The monoisotopic (exact) mass is 577 g/mol. The fourth-order valence-electron chi connectivity index (χ4n) is 5.92. The van der Waals surface area contributed by atoms with E-state index in [0.717, 1.165) is 6.26 Å². The van der Waals surface area contributed by atoms with Gasteiger partial charge in [0.05, 0.1) is 35.6 Å². The van der Waals surface area contributed by atoms with Crippen molar-refractivity contribution in [2.45, 2.75) is 57.1 Å². The normalized spacial score (nSPS) is 24.7. The number of nitrogens with zero attached hydrogens (tertiary/aromatic N) is 3. The second kappa shape index (κ2) is 9.67. The predicted octanol–water partition coefficient (Wildman–Crippen LogP) is 2.49. The van der Waals surface area contributed by atoms with Gasteiger partial charge in [-0.2, -0.15) is 0 Å². The standard InChI is InChI=1S/C29H27N3O10/c1-12-10-32(31-30-12)16-7-20(41-11-17(16)34)42-19-9-29(39,13(2)33)8-15-22(19)28(38)24-23(26(15)36)25(35)14-5-4-6-18(40-3)21(14)27(24)37/h4-6,10-11,16,19-20,34,36,38-39H,7-9H2,1-3H3/t16?,19-,20?,29?/m0/s1. The molecule has 1 aromatic heterocycles. The molecule has 0 saturated carbocycles. The summed E-state index contributed by atoms with van der Waals surface area (Å²) in [6.07, 6.45) is -0.445. The minimum atomic E-state index is -2.03. The number of ether oxygens (including phenoxy) is 3. The lowest BCUT2D eigenvalue weighted by atomic mass is 9.72. The number of allylic oxidation sites excluding steroid dienone is 1. The molecule has 13 nitrogen and oxygen atoms in total. The first-order chi connectivity index (χ1) is 19.9. The highest BCUT2D eigenvalue weighted by atomic mass is 16.7. The number of hydrogen-bond donors (Lipinski definition) is 4. The number of phenols is 2. The number of methoxy groups -OCH3 is 1. The van der Waals surface area contributed by atoms with Crippen molar-refractivity contribution in [3.05, 3.63) is 75.5 Å². The average Bonchev–Trinajstić information content (AvgIpc) is 3.39. The van der Waals surface area contributed by atoms with Crippen LogP contribution in [0.4, 0.5) is 0 Å². The van der Waals surface area contributed by atoms with Gasteiger partial charge in [0.25, 0.3) is 0 Å². The molecule has 0 bridgehead atoms. The molecule has 3 aromatic rings. The van der Waals surface area contributed by atoms with Crippen molar-refractivity contribution in [2.24, 2.45) is 0 Å². The largest absolute Gasteiger partial charge is 0.507 e. The van der Waals surface area contributed by atoms with Crippen LogP contribution in [0.15, 0.2) is 36.4 Å². The van der Waals surface area contributed by atoms with E-state index >= 15 is 0 Å². The fourth-order valence-corrected chi connectivity index (χ4v) is 5.92. The van der Waals surface area contributed by atoms with Crippen LogP contribution in [0.3, 0.4) is 0 Å².